The van der Waals surface area contributed by atoms with Crippen molar-refractivity contribution >= 4 is 28.5 Å². The molecule has 2 aromatic heterocycles. The summed E-state index contributed by atoms with van der Waals surface area (Å²) in [7, 11) is 3.53. The van der Waals surface area contributed by atoms with E-state index >= 15 is 0 Å². The fourth-order valence-electron chi connectivity index (χ4n) is 3.98. The average Bonchev–Trinajstić information content (AvgIpc) is 3.30. The van der Waals surface area contributed by atoms with Gasteiger partial charge < -0.3 is 18.9 Å². The number of amides is 1. The zero-order valence-electron chi connectivity index (χ0n) is 17.5. The second kappa shape index (κ2) is 8.14. The first kappa shape index (κ1) is 20.5. The SMILES string of the molecule is COc1ccc([C@@H](C)N2CC([C@@H](C)Oc3nc(Cl)cc4ncn(C)c34)CC2=O)cc1. The molecule has 8 heteroatoms. The Balaban J connectivity index is 1.49. The van der Waals surface area contributed by atoms with Crippen molar-refractivity contribution in [1.82, 2.24) is 19.4 Å². The number of hydrogen-bond acceptors (Lipinski definition) is 5. The predicted molar refractivity (Wildman–Crippen MR) is 115 cm³/mol. The molecule has 1 saturated heterocycles. The molecule has 1 aliphatic heterocycles. The maximum absolute atomic E-state index is 12.8. The summed E-state index contributed by atoms with van der Waals surface area (Å²) in [5, 5.41) is 0.334. The highest BCUT2D eigenvalue weighted by Crippen LogP contribution is 2.33. The van der Waals surface area contributed by atoms with Crippen molar-refractivity contribution in [2.24, 2.45) is 13.0 Å². The summed E-state index contributed by atoms with van der Waals surface area (Å²) in [6.07, 6.45) is 1.94. The Labute approximate surface area is 180 Å². The number of carbonyl (C=O) groups excluding carboxylic acids is 1. The Hall–Kier alpha value is -2.80. The fourth-order valence-corrected chi connectivity index (χ4v) is 4.16. The van der Waals surface area contributed by atoms with Gasteiger partial charge in [-0.2, -0.15) is 4.98 Å². The number of methoxy groups -OCH3 is 1. The third kappa shape index (κ3) is 3.81. The van der Waals surface area contributed by atoms with Gasteiger partial charge in [0.25, 0.3) is 0 Å². The first-order chi connectivity index (χ1) is 14.4. The maximum Gasteiger partial charge on any atom is 0.241 e. The Morgan fingerprint density at radius 2 is 1.97 bits per heavy atom. The molecule has 1 aromatic carbocycles. The van der Waals surface area contributed by atoms with Gasteiger partial charge in [-0.3, -0.25) is 4.79 Å². The number of fused-ring (bicyclic) bond motifs is 1. The molecule has 30 heavy (non-hydrogen) atoms. The molecule has 0 saturated carbocycles. The standard InChI is InChI=1S/C22H25ClN4O3/c1-13(15-5-7-17(29-4)8-6-15)27-11-16(9-20(27)28)14(2)30-22-21-18(10-19(23)25-22)24-12-26(21)3/h5-8,10,12-14,16H,9,11H2,1-4H3/t13-,14-,16?/m1/s1. The van der Waals surface area contributed by atoms with Gasteiger partial charge in [0.05, 0.1) is 25.0 Å². The topological polar surface area (TPSA) is 69.5 Å². The van der Waals surface area contributed by atoms with Crippen molar-refractivity contribution in [3.63, 3.8) is 0 Å². The average molecular weight is 429 g/mol. The number of nitrogens with zero attached hydrogens (tertiary/aromatic N) is 4. The van der Waals surface area contributed by atoms with Crippen LogP contribution < -0.4 is 9.47 Å². The van der Waals surface area contributed by atoms with Crippen molar-refractivity contribution in [3.05, 3.63) is 47.4 Å². The Morgan fingerprint density at radius 3 is 2.67 bits per heavy atom. The third-order valence-corrected chi connectivity index (χ3v) is 6.04. The van der Waals surface area contributed by atoms with Crippen LogP contribution in [0.5, 0.6) is 11.6 Å². The zero-order chi connectivity index (χ0) is 21.4. The van der Waals surface area contributed by atoms with Crippen LogP contribution in [0.4, 0.5) is 0 Å². The van der Waals surface area contributed by atoms with Crippen molar-refractivity contribution in [2.75, 3.05) is 13.7 Å². The van der Waals surface area contributed by atoms with Gasteiger partial charge in [-0.25, -0.2) is 4.98 Å². The van der Waals surface area contributed by atoms with Gasteiger partial charge in [0.15, 0.2) is 0 Å². The molecular formula is C22H25ClN4O3. The molecule has 0 radical (unpaired) electrons. The minimum atomic E-state index is -0.203. The molecule has 3 atom stereocenters. The van der Waals surface area contributed by atoms with Crippen LogP contribution in [-0.4, -0.2) is 45.1 Å². The number of likely N-dealkylation sites (tertiary alicyclic amines) is 1. The normalized spacial score (nSPS) is 18.6. The second-order valence-corrected chi connectivity index (χ2v) is 8.14. The monoisotopic (exact) mass is 428 g/mol. The lowest BCUT2D eigenvalue weighted by Crippen LogP contribution is -2.31. The molecule has 1 amide bonds. The van der Waals surface area contributed by atoms with Crippen molar-refractivity contribution in [3.8, 4) is 11.6 Å². The molecule has 0 spiro atoms. The Bertz CT molecular complexity index is 1070. The molecule has 1 fully saturated rings. The van der Waals surface area contributed by atoms with Gasteiger partial charge in [-0.15, -0.1) is 0 Å². The van der Waals surface area contributed by atoms with Crippen LogP contribution in [-0.2, 0) is 11.8 Å². The number of pyridine rings is 1. The number of carbonyl (C=O) groups is 1. The van der Waals surface area contributed by atoms with E-state index in [-0.39, 0.29) is 24.0 Å². The zero-order valence-corrected chi connectivity index (χ0v) is 18.3. The van der Waals surface area contributed by atoms with Gasteiger partial charge in [0.2, 0.25) is 11.8 Å². The predicted octanol–water partition coefficient (Wildman–Crippen LogP) is 4.01. The summed E-state index contributed by atoms with van der Waals surface area (Å²) >= 11 is 6.14. The summed E-state index contributed by atoms with van der Waals surface area (Å²) in [4.78, 5) is 23.3. The fraction of sp³-hybridized carbons (Fsp3) is 0.409. The van der Waals surface area contributed by atoms with E-state index in [2.05, 4.69) is 9.97 Å². The van der Waals surface area contributed by atoms with Crippen molar-refractivity contribution < 1.29 is 14.3 Å². The Kier molecular flexibility index (Phi) is 5.56. The van der Waals surface area contributed by atoms with E-state index < -0.39 is 0 Å². The summed E-state index contributed by atoms with van der Waals surface area (Å²) in [5.41, 5.74) is 2.60. The van der Waals surface area contributed by atoms with E-state index in [0.717, 1.165) is 22.3 Å². The lowest BCUT2D eigenvalue weighted by Gasteiger charge is -2.26. The molecule has 1 unspecified atom stereocenters. The number of aromatic nitrogens is 3. The third-order valence-electron chi connectivity index (χ3n) is 5.85. The highest BCUT2D eigenvalue weighted by Gasteiger charge is 2.37. The molecule has 158 valence electrons. The largest absolute Gasteiger partial charge is 0.497 e. The molecule has 3 heterocycles. The first-order valence-corrected chi connectivity index (χ1v) is 10.3. The summed E-state index contributed by atoms with van der Waals surface area (Å²) in [6, 6.07) is 9.52. The van der Waals surface area contributed by atoms with Crippen LogP contribution in [0.3, 0.4) is 0 Å². The number of rotatable bonds is 6. The van der Waals surface area contributed by atoms with Crippen LogP contribution in [0.15, 0.2) is 36.7 Å². The summed E-state index contributed by atoms with van der Waals surface area (Å²) in [6.45, 7) is 4.65. The van der Waals surface area contributed by atoms with E-state index in [9.17, 15) is 4.79 Å². The lowest BCUT2D eigenvalue weighted by molar-refractivity contribution is -0.129. The van der Waals surface area contributed by atoms with Crippen LogP contribution in [0.2, 0.25) is 5.15 Å². The molecule has 3 aromatic rings. The van der Waals surface area contributed by atoms with E-state index in [1.165, 1.54) is 0 Å². The van der Waals surface area contributed by atoms with Crippen LogP contribution in [0, 0.1) is 5.92 Å². The molecule has 7 nitrogen and oxygen atoms in total. The Morgan fingerprint density at radius 1 is 1.23 bits per heavy atom. The molecule has 0 bridgehead atoms. The molecule has 4 rings (SSSR count). The quantitative estimate of drug-likeness (QED) is 0.555. The van der Waals surface area contributed by atoms with Gasteiger partial charge in [0.1, 0.15) is 22.5 Å². The van der Waals surface area contributed by atoms with Crippen LogP contribution >= 0.6 is 11.6 Å². The number of imidazole rings is 1. The van der Waals surface area contributed by atoms with Crippen molar-refractivity contribution in [2.45, 2.75) is 32.4 Å². The number of hydrogen-bond donors (Lipinski definition) is 0. The number of aryl methyl sites for hydroxylation is 1. The molecular weight excluding hydrogens is 404 g/mol. The molecule has 0 aliphatic carbocycles. The van der Waals surface area contributed by atoms with E-state index in [1.807, 2.05) is 54.6 Å². The maximum atomic E-state index is 12.8. The highest BCUT2D eigenvalue weighted by molar-refractivity contribution is 6.30. The highest BCUT2D eigenvalue weighted by atomic mass is 35.5. The summed E-state index contributed by atoms with van der Waals surface area (Å²) in [5.74, 6) is 1.43. The van der Waals surface area contributed by atoms with Gasteiger partial charge in [-0.05, 0) is 31.5 Å². The molecule has 1 aliphatic rings. The van der Waals surface area contributed by atoms with Gasteiger partial charge in [0, 0.05) is 32.0 Å². The van der Waals surface area contributed by atoms with E-state index in [0.29, 0.717) is 24.0 Å². The minimum absolute atomic E-state index is 0.0197. The smallest absolute Gasteiger partial charge is 0.241 e. The minimum Gasteiger partial charge on any atom is -0.497 e. The first-order valence-electron chi connectivity index (χ1n) is 9.95. The lowest BCUT2D eigenvalue weighted by atomic mass is 10.0. The molecule has 0 N–H and O–H groups in total. The van der Waals surface area contributed by atoms with Crippen LogP contribution in [0.25, 0.3) is 11.0 Å². The van der Waals surface area contributed by atoms with E-state index in [4.69, 9.17) is 21.1 Å². The number of benzene rings is 1. The second-order valence-electron chi connectivity index (χ2n) is 7.76. The number of ether oxygens (including phenoxy) is 2. The van der Waals surface area contributed by atoms with Crippen molar-refractivity contribution in [1.29, 1.82) is 0 Å². The van der Waals surface area contributed by atoms with Gasteiger partial charge >= 0.3 is 0 Å². The van der Waals surface area contributed by atoms with E-state index in [1.54, 1.807) is 19.5 Å². The van der Waals surface area contributed by atoms with Gasteiger partial charge in [-0.1, -0.05) is 23.7 Å². The van der Waals surface area contributed by atoms with Crippen LogP contribution in [0.1, 0.15) is 31.9 Å². The number of halogens is 1. The summed E-state index contributed by atoms with van der Waals surface area (Å²) < 4.78 is 13.3.